The van der Waals surface area contributed by atoms with Gasteiger partial charge in [0.2, 0.25) is 12.4 Å². The first-order chi connectivity index (χ1) is 14.5. The highest BCUT2D eigenvalue weighted by molar-refractivity contribution is 5.79. The maximum Gasteiger partial charge on any atom is 0.347 e. The van der Waals surface area contributed by atoms with E-state index < -0.39 is 5.97 Å². The lowest BCUT2D eigenvalue weighted by Gasteiger charge is -2.04. The van der Waals surface area contributed by atoms with E-state index >= 15 is 0 Å². The Kier molecular flexibility index (Phi) is 7.15. The predicted octanol–water partition coefficient (Wildman–Crippen LogP) is 3.96. The molecule has 1 heterocycles. The van der Waals surface area contributed by atoms with Gasteiger partial charge >= 0.3 is 5.97 Å². The summed E-state index contributed by atoms with van der Waals surface area (Å²) in [6.45, 7) is 3.79. The molecule has 0 fully saturated rings. The van der Waals surface area contributed by atoms with E-state index in [2.05, 4.69) is 29.1 Å². The van der Waals surface area contributed by atoms with Crippen molar-refractivity contribution >= 4 is 12.2 Å². The van der Waals surface area contributed by atoms with Gasteiger partial charge in [0.25, 0.3) is 5.89 Å². The number of nitrogens with zero attached hydrogens (tertiary/aromatic N) is 3. The molecule has 3 aromatic rings. The Balaban J connectivity index is 1.43. The second-order valence-corrected chi connectivity index (χ2v) is 6.73. The number of rotatable bonds is 9. The largest absolute Gasteiger partial charge is 0.497 e. The zero-order chi connectivity index (χ0) is 21.3. The third kappa shape index (κ3) is 5.91. The number of carbonyl (C=O) groups is 1. The van der Waals surface area contributed by atoms with Crippen LogP contribution in [0.4, 0.5) is 0 Å². The van der Waals surface area contributed by atoms with E-state index in [0.29, 0.717) is 11.7 Å². The molecule has 0 aliphatic rings. The SMILES string of the molecule is COc1ccc(/C=N\OCC(=O)OCc2nc(-c3ccc(C(C)C)cc3)no2)cc1. The van der Waals surface area contributed by atoms with Crippen LogP contribution in [0.3, 0.4) is 0 Å². The summed E-state index contributed by atoms with van der Waals surface area (Å²) in [6.07, 6.45) is 1.49. The molecular weight excluding hydrogens is 386 g/mol. The van der Waals surface area contributed by atoms with Gasteiger partial charge in [0.15, 0.2) is 6.61 Å². The monoisotopic (exact) mass is 409 g/mol. The van der Waals surface area contributed by atoms with Crippen molar-refractivity contribution < 1.29 is 23.6 Å². The number of esters is 1. The van der Waals surface area contributed by atoms with Crippen LogP contribution in [-0.4, -0.2) is 36.0 Å². The molecule has 30 heavy (non-hydrogen) atoms. The summed E-state index contributed by atoms with van der Waals surface area (Å²) in [4.78, 5) is 20.9. The van der Waals surface area contributed by atoms with E-state index in [1.807, 2.05) is 36.4 Å². The van der Waals surface area contributed by atoms with Gasteiger partial charge in [0, 0.05) is 5.56 Å². The van der Waals surface area contributed by atoms with Crippen LogP contribution in [0.1, 0.15) is 36.8 Å². The summed E-state index contributed by atoms with van der Waals surface area (Å²) in [5, 5.41) is 7.66. The standard InChI is InChI=1S/C22H23N3O5/c1-15(2)17-6-8-18(9-7-17)22-24-20(30-25-22)13-28-21(26)14-29-23-12-16-4-10-19(27-3)11-5-16/h4-12,15H,13-14H2,1-3H3/b23-12-. The molecule has 2 aromatic carbocycles. The second kappa shape index (κ2) is 10.2. The molecule has 0 N–H and O–H groups in total. The van der Waals surface area contributed by atoms with Crippen molar-refractivity contribution in [1.82, 2.24) is 10.1 Å². The van der Waals surface area contributed by atoms with Crippen molar-refractivity contribution in [3.8, 4) is 17.1 Å². The van der Waals surface area contributed by atoms with E-state index in [1.165, 1.54) is 11.8 Å². The van der Waals surface area contributed by atoms with Crippen molar-refractivity contribution in [2.45, 2.75) is 26.4 Å². The molecule has 0 aliphatic heterocycles. The van der Waals surface area contributed by atoms with Gasteiger partial charge in [-0.15, -0.1) is 0 Å². The number of benzene rings is 2. The molecule has 0 saturated heterocycles. The molecular formula is C22H23N3O5. The normalized spacial score (nSPS) is 11.1. The molecule has 8 heteroatoms. The lowest BCUT2D eigenvalue weighted by molar-refractivity contribution is -0.151. The van der Waals surface area contributed by atoms with Gasteiger partial charge in [-0.05, 0) is 41.3 Å². The first-order valence-corrected chi connectivity index (χ1v) is 9.43. The average Bonchev–Trinajstić information content (AvgIpc) is 3.25. The van der Waals surface area contributed by atoms with E-state index in [4.69, 9.17) is 18.8 Å². The highest BCUT2D eigenvalue weighted by atomic mass is 16.7. The van der Waals surface area contributed by atoms with Crippen molar-refractivity contribution in [2.24, 2.45) is 5.16 Å². The van der Waals surface area contributed by atoms with Crippen LogP contribution in [0.5, 0.6) is 5.75 Å². The summed E-state index contributed by atoms with van der Waals surface area (Å²) in [7, 11) is 1.59. The third-order valence-corrected chi connectivity index (χ3v) is 4.23. The molecule has 0 bridgehead atoms. The van der Waals surface area contributed by atoms with Crippen molar-refractivity contribution in [2.75, 3.05) is 13.7 Å². The Morgan fingerprint density at radius 1 is 1.13 bits per heavy atom. The fourth-order valence-corrected chi connectivity index (χ4v) is 2.51. The average molecular weight is 409 g/mol. The van der Waals surface area contributed by atoms with Crippen molar-refractivity contribution in [3.63, 3.8) is 0 Å². The highest BCUT2D eigenvalue weighted by Gasteiger charge is 2.12. The van der Waals surface area contributed by atoms with Gasteiger partial charge in [-0.1, -0.05) is 48.4 Å². The molecule has 3 rings (SSSR count). The van der Waals surface area contributed by atoms with Crippen molar-refractivity contribution in [1.29, 1.82) is 0 Å². The third-order valence-electron chi connectivity index (χ3n) is 4.23. The maximum absolute atomic E-state index is 11.8. The topological polar surface area (TPSA) is 96.0 Å². The van der Waals surface area contributed by atoms with Gasteiger partial charge in [-0.25, -0.2) is 4.79 Å². The van der Waals surface area contributed by atoms with E-state index in [9.17, 15) is 4.79 Å². The molecule has 1 aromatic heterocycles. The number of oxime groups is 1. The predicted molar refractivity (Wildman–Crippen MR) is 110 cm³/mol. The maximum atomic E-state index is 11.8. The van der Waals surface area contributed by atoms with Crippen LogP contribution >= 0.6 is 0 Å². The minimum absolute atomic E-state index is 0.137. The molecule has 0 atom stereocenters. The van der Waals surface area contributed by atoms with Crippen molar-refractivity contribution in [3.05, 3.63) is 65.5 Å². The molecule has 0 saturated carbocycles. The van der Waals surface area contributed by atoms with Gasteiger partial charge in [-0.3, -0.25) is 0 Å². The molecule has 8 nitrogen and oxygen atoms in total. The fraction of sp³-hybridized carbons (Fsp3) is 0.273. The first kappa shape index (κ1) is 21.0. The zero-order valence-electron chi connectivity index (χ0n) is 17.1. The van der Waals surface area contributed by atoms with Crippen LogP contribution in [0, 0.1) is 0 Å². The summed E-state index contributed by atoms with van der Waals surface area (Å²) < 4.78 is 15.3. The quantitative estimate of drug-likeness (QED) is 0.300. The Morgan fingerprint density at radius 2 is 1.87 bits per heavy atom. The van der Waals surface area contributed by atoms with E-state index in [1.54, 1.807) is 19.2 Å². The van der Waals surface area contributed by atoms with Crippen LogP contribution < -0.4 is 4.74 Å². The summed E-state index contributed by atoms with van der Waals surface area (Å²) in [6, 6.07) is 15.1. The molecule has 0 spiro atoms. The number of ether oxygens (including phenoxy) is 2. The summed E-state index contributed by atoms with van der Waals surface area (Å²) in [5.74, 6) is 1.24. The second-order valence-electron chi connectivity index (χ2n) is 6.73. The van der Waals surface area contributed by atoms with Gasteiger partial charge in [0.1, 0.15) is 5.75 Å². The fourth-order valence-electron chi connectivity index (χ4n) is 2.51. The molecule has 156 valence electrons. The summed E-state index contributed by atoms with van der Waals surface area (Å²) in [5.41, 5.74) is 2.87. The number of hydrogen-bond acceptors (Lipinski definition) is 8. The van der Waals surface area contributed by atoms with Crippen LogP contribution in [-0.2, 0) is 21.0 Å². The molecule has 0 aliphatic carbocycles. The van der Waals surface area contributed by atoms with E-state index in [0.717, 1.165) is 16.9 Å². The molecule has 0 radical (unpaired) electrons. The van der Waals surface area contributed by atoms with Gasteiger partial charge in [0.05, 0.1) is 13.3 Å². The minimum atomic E-state index is -0.595. The Morgan fingerprint density at radius 3 is 2.53 bits per heavy atom. The number of hydrogen-bond donors (Lipinski definition) is 0. The number of aromatic nitrogens is 2. The molecule has 0 amide bonds. The minimum Gasteiger partial charge on any atom is -0.497 e. The van der Waals surface area contributed by atoms with E-state index in [-0.39, 0.29) is 19.1 Å². The lowest BCUT2D eigenvalue weighted by Crippen LogP contribution is -2.11. The highest BCUT2D eigenvalue weighted by Crippen LogP contribution is 2.20. The Bertz CT molecular complexity index is 979. The number of methoxy groups -OCH3 is 1. The van der Waals surface area contributed by atoms with Gasteiger partial charge in [-0.2, -0.15) is 4.98 Å². The number of carbonyl (C=O) groups excluding carboxylic acids is 1. The Hall–Kier alpha value is -3.68. The first-order valence-electron chi connectivity index (χ1n) is 9.43. The van der Waals surface area contributed by atoms with Crippen LogP contribution in [0.2, 0.25) is 0 Å². The lowest BCUT2D eigenvalue weighted by atomic mass is 10.0. The summed E-state index contributed by atoms with van der Waals surface area (Å²) >= 11 is 0. The van der Waals surface area contributed by atoms with Crippen LogP contribution in [0.15, 0.2) is 58.2 Å². The molecule has 0 unspecified atom stereocenters. The van der Waals surface area contributed by atoms with Crippen LogP contribution in [0.25, 0.3) is 11.4 Å². The van der Waals surface area contributed by atoms with Gasteiger partial charge < -0.3 is 18.8 Å². The zero-order valence-corrected chi connectivity index (χ0v) is 17.1. The smallest absolute Gasteiger partial charge is 0.347 e. The Labute approximate surface area is 174 Å².